The van der Waals surface area contributed by atoms with Crippen LogP contribution < -0.4 is 5.32 Å². The van der Waals surface area contributed by atoms with Crippen molar-refractivity contribution in [3.8, 4) is 0 Å². The molecular weight excluding hydrogens is 190 g/mol. The lowest BCUT2D eigenvalue weighted by molar-refractivity contribution is 0.537. The van der Waals surface area contributed by atoms with Gasteiger partial charge in [-0.05, 0) is 19.1 Å². The van der Waals surface area contributed by atoms with E-state index in [9.17, 15) is 0 Å². The Morgan fingerprint density at radius 1 is 1.47 bits per heavy atom. The summed E-state index contributed by atoms with van der Waals surface area (Å²) in [5.74, 6) is 0. The number of rotatable bonds is 5. The minimum Gasteiger partial charge on any atom is -0.472 e. The van der Waals surface area contributed by atoms with Crippen LogP contribution in [0.4, 0.5) is 0 Å². The molecule has 2 aromatic heterocycles. The molecule has 2 aromatic rings. The second-order valence-electron chi connectivity index (χ2n) is 3.50. The van der Waals surface area contributed by atoms with Gasteiger partial charge in [-0.3, -0.25) is 4.68 Å². The summed E-state index contributed by atoms with van der Waals surface area (Å²) < 4.78 is 6.97. The summed E-state index contributed by atoms with van der Waals surface area (Å²) in [6.45, 7) is 4.71. The van der Waals surface area contributed by atoms with Gasteiger partial charge in [0.05, 0.1) is 19.1 Å². The number of nitrogens with zero attached hydrogens (tertiary/aromatic N) is 2. The third-order valence-electron chi connectivity index (χ3n) is 2.34. The Hall–Kier alpha value is -1.55. The maximum atomic E-state index is 4.98. The summed E-state index contributed by atoms with van der Waals surface area (Å²) >= 11 is 0. The average molecular weight is 205 g/mol. The van der Waals surface area contributed by atoms with Gasteiger partial charge in [0.25, 0.3) is 0 Å². The van der Waals surface area contributed by atoms with Gasteiger partial charge in [-0.15, -0.1) is 0 Å². The SMILES string of the molecule is Cc1ccnn1CCNCc1ccoc1. The van der Waals surface area contributed by atoms with Gasteiger partial charge in [-0.1, -0.05) is 0 Å². The lowest BCUT2D eigenvalue weighted by Crippen LogP contribution is -2.20. The van der Waals surface area contributed by atoms with Crippen molar-refractivity contribution in [1.82, 2.24) is 15.1 Å². The van der Waals surface area contributed by atoms with Crippen molar-refractivity contribution in [2.75, 3.05) is 6.54 Å². The van der Waals surface area contributed by atoms with E-state index in [4.69, 9.17) is 4.42 Å². The minimum absolute atomic E-state index is 0.844. The summed E-state index contributed by atoms with van der Waals surface area (Å²) in [7, 11) is 0. The van der Waals surface area contributed by atoms with Crippen molar-refractivity contribution < 1.29 is 4.42 Å². The molecule has 0 bridgehead atoms. The highest BCUT2D eigenvalue weighted by molar-refractivity contribution is 5.04. The van der Waals surface area contributed by atoms with Crippen LogP contribution in [0, 0.1) is 6.92 Å². The second kappa shape index (κ2) is 4.79. The molecule has 0 saturated carbocycles. The van der Waals surface area contributed by atoms with E-state index < -0.39 is 0 Å². The molecule has 4 nitrogen and oxygen atoms in total. The zero-order valence-electron chi connectivity index (χ0n) is 8.81. The quantitative estimate of drug-likeness (QED) is 0.753. The highest BCUT2D eigenvalue weighted by Crippen LogP contribution is 1.98. The Morgan fingerprint density at radius 3 is 3.07 bits per heavy atom. The van der Waals surface area contributed by atoms with E-state index in [1.165, 1.54) is 11.3 Å². The third kappa shape index (κ3) is 2.70. The van der Waals surface area contributed by atoms with Crippen molar-refractivity contribution in [2.24, 2.45) is 0 Å². The van der Waals surface area contributed by atoms with Gasteiger partial charge in [0, 0.05) is 30.5 Å². The lowest BCUT2D eigenvalue weighted by Gasteiger charge is -2.05. The minimum atomic E-state index is 0.844. The van der Waals surface area contributed by atoms with Crippen LogP contribution in [-0.4, -0.2) is 16.3 Å². The summed E-state index contributed by atoms with van der Waals surface area (Å²) in [6, 6.07) is 3.97. The fourth-order valence-corrected chi connectivity index (χ4v) is 1.44. The average Bonchev–Trinajstić information content (AvgIpc) is 2.85. The lowest BCUT2D eigenvalue weighted by atomic mass is 10.3. The monoisotopic (exact) mass is 205 g/mol. The molecular formula is C11H15N3O. The molecule has 0 aliphatic heterocycles. The molecule has 0 fully saturated rings. The molecule has 2 heterocycles. The van der Waals surface area contributed by atoms with Crippen LogP contribution >= 0.6 is 0 Å². The number of hydrogen-bond acceptors (Lipinski definition) is 3. The van der Waals surface area contributed by atoms with Gasteiger partial charge in [0.1, 0.15) is 0 Å². The molecule has 0 amide bonds. The molecule has 0 aliphatic carbocycles. The molecule has 2 rings (SSSR count). The Morgan fingerprint density at radius 2 is 2.40 bits per heavy atom. The number of aryl methyl sites for hydroxylation is 1. The summed E-state index contributed by atoms with van der Waals surface area (Å²) in [6.07, 6.45) is 5.27. The van der Waals surface area contributed by atoms with Gasteiger partial charge in [0.2, 0.25) is 0 Å². The normalized spacial score (nSPS) is 10.7. The molecule has 1 N–H and O–H groups in total. The number of hydrogen-bond donors (Lipinski definition) is 1. The first-order valence-electron chi connectivity index (χ1n) is 5.06. The van der Waals surface area contributed by atoms with Gasteiger partial charge in [0.15, 0.2) is 0 Å². The predicted octanol–water partition coefficient (Wildman–Crippen LogP) is 1.57. The number of aromatic nitrogens is 2. The zero-order chi connectivity index (χ0) is 10.5. The summed E-state index contributed by atoms with van der Waals surface area (Å²) in [5.41, 5.74) is 2.37. The first-order chi connectivity index (χ1) is 7.36. The van der Waals surface area contributed by atoms with Crippen LogP contribution in [0.2, 0.25) is 0 Å². The van der Waals surface area contributed by atoms with E-state index in [-0.39, 0.29) is 0 Å². The Labute approximate surface area is 88.9 Å². The Kier molecular flexibility index (Phi) is 3.19. The van der Waals surface area contributed by atoms with Crippen molar-refractivity contribution in [2.45, 2.75) is 20.0 Å². The van der Waals surface area contributed by atoms with E-state index in [1.54, 1.807) is 12.5 Å². The first kappa shape index (κ1) is 9.98. The van der Waals surface area contributed by atoms with Gasteiger partial charge < -0.3 is 9.73 Å². The van der Waals surface area contributed by atoms with E-state index in [0.717, 1.165) is 19.6 Å². The van der Waals surface area contributed by atoms with E-state index in [1.807, 2.05) is 23.0 Å². The van der Waals surface area contributed by atoms with Gasteiger partial charge in [-0.2, -0.15) is 5.10 Å². The van der Waals surface area contributed by atoms with Crippen LogP contribution in [0.25, 0.3) is 0 Å². The maximum Gasteiger partial charge on any atom is 0.0947 e. The van der Waals surface area contributed by atoms with Crippen LogP contribution in [0.5, 0.6) is 0 Å². The Balaban J connectivity index is 1.70. The third-order valence-corrected chi connectivity index (χ3v) is 2.34. The topological polar surface area (TPSA) is 43.0 Å². The summed E-state index contributed by atoms with van der Waals surface area (Å²) in [4.78, 5) is 0. The van der Waals surface area contributed by atoms with Crippen LogP contribution in [0.3, 0.4) is 0 Å². The number of furan rings is 1. The molecule has 15 heavy (non-hydrogen) atoms. The van der Waals surface area contributed by atoms with Crippen LogP contribution in [0.1, 0.15) is 11.3 Å². The van der Waals surface area contributed by atoms with Crippen molar-refractivity contribution >= 4 is 0 Å². The highest BCUT2D eigenvalue weighted by Gasteiger charge is 1.96. The van der Waals surface area contributed by atoms with E-state index in [2.05, 4.69) is 17.3 Å². The predicted molar refractivity (Wildman–Crippen MR) is 57.4 cm³/mol. The Bertz CT molecular complexity index is 392. The molecule has 0 spiro atoms. The molecule has 0 aromatic carbocycles. The molecule has 80 valence electrons. The number of nitrogens with one attached hydrogen (secondary N) is 1. The molecule has 0 aliphatic rings. The fraction of sp³-hybridized carbons (Fsp3) is 0.364. The highest BCUT2D eigenvalue weighted by atomic mass is 16.3. The molecule has 0 radical (unpaired) electrons. The first-order valence-corrected chi connectivity index (χ1v) is 5.06. The molecule has 0 unspecified atom stereocenters. The van der Waals surface area contributed by atoms with Gasteiger partial charge in [-0.25, -0.2) is 0 Å². The van der Waals surface area contributed by atoms with Crippen molar-refractivity contribution in [1.29, 1.82) is 0 Å². The van der Waals surface area contributed by atoms with E-state index >= 15 is 0 Å². The maximum absolute atomic E-state index is 4.98. The van der Waals surface area contributed by atoms with Crippen LogP contribution in [-0.2, 0) is 13.1 Å². The summed E-state index contributed by atoms with van der Waals surface area (Å²) in [5, 5.41) is 7.54. The van der Waals surface area contributed by atoms with Crippen LogP contribution in [0.15, 0.2) is 35.3 Å². The van der Waals surface area contributed by atoms with Crippen molar-refractivity contribution in [3.05, 3.63) is 42.1 Å². The molecule has 0 saturated heterocycles. The molecule has 0 atom stereocenters. The second-order valence-corrected chi connectivity index (χ2v) is 3.50. The van der Waals surface area contributed by atoms with Crippen molar-refractivity contribution in [3.63, 3.8) is 0 Å². The molecule has 4 heteroatoms. The standard InChI is InChI=1S/C11H15N3O/c1-10-2-4-13-14(10)6-5-12-8-11-3-7-15-9-11/h2-4,7,9,12H,5-6,8H2,1H3. The fourth-order valence-electron chi connectivity index (χ4n) is 1.44. The zero-order valence-corrected chi connectivity index (χ0v) is 8.81. The largest absolute Gasteiger partial charge is 0.472 e. The van der Waals surface area contributed by atoms with Gasteiger partial charge >= 0.3 is 0 Å². The smallest absolute Gasteiger partial charge is 0.0947 e. The van der Waals surface area contributed by atoms with E-state index in [0.29, 0.717) is 0 Å².